The average Bonchev–Trinajstić information content (AvgIpc) is 3.35. The molecule has 204 valence electrons. The molecule has 39 heavy (non-hydrogen) atoms. The Bertz CT molecular complexity index is 1400. The second-order valence-corrected chi connectivity index (χ2v) is 9.99. The first-order valence-electron chi connectivity index (χ1n) is 13.5. The fourth-order valence-electron chi connectivity index (χ4n) is 4.72. The molecule has 0 aliphatic carbocycles. The van der Waals surface area contributed by atoms with E-state index in [1.165, 1.54) is 0 Å². The summed E-state index contributed by atoms with van der Waals surface area (Å²) in [5.41, 5.74) is 2.51. The minimum absolute atomic E-state index is 0.338. The minimum atomic E-state index is -0.338. The summed E-state index contributed by atoms with van der Waals surface area (Å²) in [6.45, 7) is 6.98. The van der Waals surface area contributed by atoms with Crippen LogP contribution in [-0.4, -0.2) is 60.2 Å². The lowest BCUT2D eigenvalue weighted by atomic mass is 10.1. The lowest BCUT2D eigenvalue weighted by molar-refractivity contribution is 0.0323. The summed E-state index contributed by atoms with van der Waals surface area (Å²) in [6.07, 6.45) is 4.68. The molecule has 0 spiro atoms. The molecular weight excluding hydrogens is 514 g/mol. The van der Waals surface area contributed by atoms with Gasteiger partial charge in [-0.25, -0.2) is 9.48 Å². The maximum absolute atomic E-state index is 13.3. The van der Waals surface area contributed by atoms with Gasteiger partial charge in [-0.05, 0) is 49.2 Å². The van der Waals surface area contributed by atoms with Gasteiger partial charge in [0.1, 0.15) is 18.2 Å². The molecule has 4 aromatic rings. The van der Waals surface area contributed by atoms with Crippen LogP contribution < -0.4 is 15.4 Å². The predicted octanol–water partition coefficient (Wildman–Crippen LogP) is 6.38. The van der Waals surface area contributed by atoms with Crippen LogP contribution in [0.1, 0.15) is 25.3 Å². The highest BCUT2D eigenvalue weighted by atomic mass is 35.5. The van der Waals surface area contributed by atoms with Crippen LogP contribution in [0.25, 0.3) is 16.5 Å². The molecule has 1 aliphatic rings. The van der Waals surface area contributed by atoms with Gasteiger partial charge in [-0.3, -0.25) is 10.2 Å². The van der Waals surface area contributed by atoms with Crippen molar-refractivity contribution in [2.45, 2.75) is 26.2 Å². The number of ether oxygens (including phenoxy) is 2. The number of carbonyl (C=O) groups is 1. The standard InChI is InChI=1S/C30H34ClN5O3/c1-2-3-6-22-21-32-36(24-11-9-23(31)10-12-24)29(22)34-30(37)33-27-13-14-28(26-8-5-4-7-25(26)27)39-20-17-35-15-18-38-19-16-35/h4-5,7-14,21H,2-3,6,15-20H2,1H3,(H2,33,34,37). The minimum Gasteiger partial charge on any atom is -0.492 e. The normalized spacial score (nSPS) is 13.9. The third kappa shape index (κ3) is 6.71. The summed E-state index contributed by atoms with van der Waals surface area (Å²) < 4.78 is 13.3. The van der Waals surface area contributed by atoms with E-state index in [0.717, 1.165) is 79.9 Å². The number of aryl methyl sites for hydroxylation is 1. The zero-order chi connectivity index (χ0) is 27.0. The lowest BCUT2D eigenvalue weighted by Gasteiger charge is -2.26. The summed E-state index contributed by atoms with van der Waals surface area (Å²) in [7, 11) is 0. The first-order valence-corrected chi connectivity index (χ1v) is 13.9. The van der Waals surface area contributed by atoms with Crippen LogP contribution in [0.15, 0.2) is 66.9 Å². The molecule has 9 heteroatoms. The summed E-state index contributed by atoms with van der Waals surface area (Å²) in [5.74, 6) is 1.45. The van der Waals surface area contributed by atoms with Crippen molar-refractivity contribution in [2.75, 3.05) is 50.1 Å². The maximum atomic E-state index is 13.3. The van der Waals surface area contributed by atoms with Crippen LogP contribution in [0.4, 0.5) is 16.3 Å². The molecule has 1 fully saturated rings. The van der Waals surface area contributed by atoms with E-state index in [1.807, 2.05) is 66.9 Å². The van der Waals surface area contributed by atoms with E-state index in [-0.39, 0.29) is 6.03 Å². The van der Waals surface area contributed by atoms with Gasteiger partial charge in [-0.1, -0.05) is 49.2 Å². The number of morpholine rings is 1. The molecule has 1 saturated heterocycles. The van der Waals surface area contributed by atoms with Crippen molar-refractivity contribution >= 4 is 39.9 Å². The zero-order valence-electron chi connectivity index (χ0n) is 22.2. The molecule has 2 heterocycles. The molecule has 0 bridgehead atoms. The third-order valence-corrected chi connectivity index (χ3v) is 7.10. The number of nitrogens with one attached hydrogen (secondary N) is 2. The topological polar surface area (TPSA) is 80.7 Å². The number of benzene rings is 3. The first-order chi connectivity index (χ1) is 19.1. The monoisotopic (exact) mass is 547 g/mol. The van der Waals surface area contributed by atoms with Gasteiger partial charge >= 0.3 is 6.03 Å². The Morgan fingerprint density at radius 3 is 2.56 bits per heavy atom. The number of rotatable bonds is 10. The van der Waals surface area contributed by atoms with E-state index in [0.29, 0.717) is 23.1 Å². The lowest BCUT2D eigenvalue weighted by Crippen LogP contribution is -2.38. The van der Waals surface area contributed by atoms with Crippen molar-refractivity contribution in [1.82, 2.24) is 14.7 Å². The van der Waals surface area contributed by atoms with E-state index in [2.05, 4.69) is 27.6 Å². The van der Waals surface area contributed by atoms with E-state index in [9.17, 15) is 4.79 Å². The number of halogens is 1. The fraction of sp³-hybridized carbons (Fsp3) is 0.333. The quantitative estimate of drug-likeness (QED) is 0.241. The average molecular weight is 548 g/mol. The van der Waals surface area contributed by atoms with E-state index in [4.69, 9.17) is 21.1 Å². The van der Waals surface area contributed by atoms with Crippen molar-refractivity contribution in [3.05, 3.63) is 77.4 Å². The number of unbranched alkanes of at least 4 members (excludes halogenated alkanes) is 1. The van der Waals surface area contributed by atoms with E-state index in [1.54, 1.807) is 4.68 Å². The van der Waals surface area contributed by atoms with Crippen molar-refractivity contribution in [3.8, 4) is 11.4 Å². The highest BCUT2D eigenvalue weighted by molar-refractivity contribution is 6.30. The summed E-state index contributed by atoms with van der Waals surface area (Å²) in [5, 5.41) is 13.2. The van der Waals surface area contributed by atoms with Gasteiger partial charge in [-0.2, -0.15) is 5.10 Å². The highest BCUT2D eigenvalue weighted by Crippen LogP contribution is 2.32. The second kappa shape index (κ2) is 13.0. The Labute approximate surface area is 233 Å². The largest absolute Gasteiger partial charge is 0.492 e. The van der Waals surface area contributed by atoms with Gasteiger partial charge in [0.2, 0.25) is 0 Å². The van der Waals surface area contributed by atoms with Gasteiger partial charge in [0.15, 0.2) is 0 Å². The van der Waals surface area contributed by atoms with Crippen LogP contribution in [0.3, 0.4) is 0 Å². The number of amides is 2. The van der Waals surface area contributed by atoms with Crippen molar-refractivity contribution in [2.24, 2.45) is 0 Å². The van der Waals surface area contributed by atoms with Crippen LogP contribution in [0, 0.1) is 0 Å². The molecule has 5 rings (SSSR count). The zero-order valence-corrected chi connectivity index (χ0v) is 22.9. The molecular formula is C30H34ClN5O3. The molecule has 0 atom stereocenters. The molecule has 2 amide bonds. The van der Waals surface area contributed by atoms with E-state index >= 15 is 0 Å². The van der Waals surface area contributed by atoms with Crippen LogP contribution >= 0.6 is 11.6 Å². The second-order valence-electron chi connectivity index (χ2n) is 9.55. The van der Waals surface area contributed by atoms with Gasteiger partial charge in [0.25, 0.3) is 0 Å². The molecule has 1 aliphatic heterocycles. The van der Waals surface area contributed by atoms with Crippen molar-refractivity contribution in [1.29, 1.82) is 0 Å². The molecule has 3 aromatic carbocycles. The van der Waals surface area contributed by atoms with E-state index < -0.39 is 0 Å². The van der Waals surface area contributed by atoms with Gasteiger partial charge in [0.05, 0.1) is 30.8 Å². The Hall–Kier alpha value is -3.59. The SMILES string of the molecule is CCCCc1cnn(-c2ccc(Cl)cc2)c1NC(=O)Nc1ccc(OCCN2CCOCC2)c2ccccc12. The maximum Gasteiger partial charge on any atom is 0.324 e. The number of fused-ring (bicyclic) bond motifs is 1. The number of hydrogen-bond acceptors (Lipinski definition) is 5. The van der Waals surface area contributed by atoms with Crippen LogP contribution in [-0.2, 0) is 11.2 Å². The molecule has 1 aromatic heterocycles. The smallest absolute Gasteiger partial charge is 0.324 e. The Balaban J connectivity index is 1.32. The summed E-state index contributed by atoms with van der Waals surface area (Å²) in [4.78, 5) is 15.6. The number of urea groups is 1. The fourth-order valence-corrected chi connectivity index (χ4v) is 4.85. The summed E-state index contributed by atoms with van der Waals surface area (Å²) in [6, 6.07) is 18.8. The van der Waals surface area contributed by atoms with Crippen molar-refractivity contribution in [3.63, 3.8) is 0 Å². The Morgan fingerprint density at radius 2 is 1.79 bits per heavy atom. The molecule has 2 N–H and O–H groups in total. The predicted molar refractivity (Wildman–Crippen MR) is 157 cm³/mol. The third-order valence-electron chi connectivity index (χ3n) is 6.85. The Kier molecular flexibility index (Phi) is 8.98. The molecule has 0 unspecified atom stereocenters. The first kappa shape index (κ1) is 27.0. The van der Waals surface area contributed by atoms with Crippen LogP contribution in [0.2, 0.25) is 5.02 Å². The Morgan fingerprint density at radius 1 is 1.03 bits per heavy atom. The number of hydrogen-bond donors (Lipinski definition) is 2. The van der Waals surface area contributed by atoms with Gasteiger partial charge in [0, 0.05) is 41.0 Å². The molecule has 0 saturated carbocycles. The number of anilines is 2. The van der Waals surface area contributed by atoms with Gasteiger partial charge in [-0.15, -0.1) is 0 Å². The van der Waals surface area contributed by atoms with Gasteiger partial charge < -0.3 is 14.8 Å². The molecule has 0 radical (unpaired) electrons. The van der Waals surface area contributed by atoms with Crippen LogP contribution in [0.5, 0.6) is 5.75 Å². The van der Waals surface area contributed by atoms with Crippen molar-refractivity contribution < 1.29 is 14.3 Å². The molecule has 8 nitrogen and oxygen atoms in total. The summed E-state index contributed by atoms with van der Waals surface area (Å²) >= 11 is 6.08. The number of aromatic nitrogens is 2. The highest BCUT2D eigenvalue weighted by Gasteiger charge is 2.17. The number of carbonyl (C=O) groups excluding carboxylic acids is 1. The number of nitrogens with zero attached hydrogens (tertiary/aromatic N) is 3.